The largest absolute Gasteiger partial charge is 0.573 e. The van der Waals surface area contributed by atoms with Crippen LogP contribution in [-0.2, 0) is 6.54 Å². The molecular formula is C18H18F4N2O2. The van der Waals surface area contributed by atoms with Crippen LogP contribution >= 0.6 is 0 Å². The maximum Gasteiger partial charge on any atom is 0.573 e. The molecule has 1 heterocycles. The smallest absolute Gasteiger partial charge is 0.406 e. The van der Waals surface area contributed by atoms with Crippen LogP contribution in [0.2, 0.25) is 0 Å². The second kappa shape index (κ2) is 7.72. The summed E-state index contributed by atoms with van der Waals surface area (Å²) in [6.45, 7) is 5.28. The summed E-state index contributed by atoms with van der Waals surface area (Å²) in [5.74, 6) is -1.72. The van der Waals surface area contributed by atoms with Gasteiger partial charge < -0.3 is 10.1 Å². The lowest BCUT2D eigenvalue weighted by Gasteiger charge is -2.13. The zero-order valence-electron chi connectivity index (χ0n) is 14.4. The molecule has 0 radical (unpaired) electrons. The highest BCUT2D eigenvalue weighted by Gasteiger charge is 2.31. The molecule has 2 rings (SSSR count). The van der Waals surface area contributed by atoms with Crippen LogP contribution in [0.1, 0.15) is 47.1 Å². The number of carbonyl (C=O) groups is 1. The van der Waals surface area contributed by atoms with Crippen LogP contribution in [0, 0.1) is 12.7 Å². The molecule has 1 amide bonds. The van der Waals surface area contributed by atoms with Crippen LogP contribution in [-0.4, -0.2) is 17.3 Å². The van der Waals surface area contributed by atoms with Gasteiger partial charge in [0.1, 0.15) is 17.3 Å². The van der Waals surface area contributed by atoms with E-state index in [0.29, 0.717) is 5.56 Å². The van der Waals surface area contributed by atoms with Gasteiger partial charge in [0.2, 0.25) is 0 Å². The van der Waals surface area contributed by atoms with E-state index in [1.54, 1.807) is 13.0 Å². The number of aryl methyl sites for hydroxylation is 1. The van der Waals surface area contributed by atoms with Gasteiger partial charge in [0.15, 0.2) is 0 Å². The number of benzene rings is 1. The van der Waals surface area contributed by atoms with Crippen LogP contribution in [0.4, 0.5) is 17.6 Å². The average molecular weight is 370 g/mol. The first-order valence-electron chi connectivity index (χ1n) is 7.86. The van der Waals surface area contributed by atoms with Gasteiger partial charge in [0, 0.05) is 17.8 Å². The highest BCUT2D eigenvalue weighted by Crippen LogP contribution is 2.24. The number of ether oxygens (including phenoxy) is 1. The van der Waals surface area contributed by atoms with Crippen molar-refractivity contribution in [3.8, 4) is 5.75 Å². The van der Waals surface area contributed by atoms with Crippen LogP contribution in [0.5, 0.6) is 5.75 Å². The second-order valence-electron chi connectivity index (χ2n) is 6.04. The number of halogens is 4. The normalized spacial score (nSPS) is 11.5. The highest BCUT2D eigenvalue weighted by molar-refractivity contribution is 5.93. The molecule has 0 saturated carbocycles. The summed E-state index contributed by atoms with van der Waals surface area (Å²) < 4.78 is 54.3. The van der Waals surface area contributed by atoms with Gasteiger partial charge in [-0.2, -0.15) is 0 Å². The van der Waals surface area contributed by atoms with E-state index in [4.69, 9.17) is 0 Å². The van der Waals surface area contributed by atoms with Crippen molar-refractivity contribution >= 4 is 5.91 Å². The summed E-state index contributed by atoms with van der Waals surface area (Å²) in [7, 11) is 0. The molecule has 0 bridgehead atoms. The lowest BCUT2D eigenvalue weighted by molar-refractivity contribution is -0.274. The molecule has 0 saturated heterocycles. The number of alkyl halides is 3. The molecule has 2 aromatic rings. The Morgan fingerprint density at radius 2 is 1.92 bits per heavy atom. The maximum atomic E-state index is 13.8. The van der Waals surface area contributed by atoms with E-state index in [2.05, 4.69) is 15.0 Å². The van der Waals surface area contributed by atoms with Gasteiger partial charge in [0.05, 0.1) is 0 Å². The lowest BCUT2D eigenvalue weighted by Crippen LogP contribution is -2.26. The van der Waals surface area contributed by atoms with Crippen molar-refractivity contribution in [1.82, 2.24) is 10.3 Å². The summed E-state index contributed by atoms with van der Waals surface area (Å²) in [6.07, 6.45) is -4.88. The Hall–Kier alpha value is -2.64. The maximum absolute atomic E-state index is 13.8. The summed E-state index contributed by atoms with van der Waals surface area (Å²) in [5, 5.41) is 2.47. The zero-order valence-corrected chi connectivity index (χ0v) is 14.4. The molecule has 1 N–H and O–H groups in total. The van der Waals surface area contributed by atoms with Crippen molar-refractivity contribution in [1.29, 1.82) is 0 Å². The van der Waals surface area contributed by atoms with Crippen LogP contribution < -0.4 is 10.1 Å². The fraction of sp³-hybridized carbons (Fsp3) is 0.333. The Labute approximate surface area is 148 Å². The van der Waals surface area contributed by atoms with Gasteiger partial charge in [-0.05, 0) is 42.7 Å². The van der Waals surface area contributed by atoms with Gasteiger partial charge >= 0.3 is 6.36 Å². The van der Waals surface area contributed by atoms with Crippen LogP contribution in [0.25, 0.3) is 0 Å². The number of aromatic nitrogens is 1. The molecule has 4 nitrogen and oxygen atoms in total. The summed E-state index contributed by atoms with van der Waals surface area (Å²) in [6, 6.07) is 6.19. The Morgan fingerprint density at radius 1 is 1.23 bits per heavy atom. The molecule has 1 aromatic carbocycles. The van der Waals surface area contributed by atoms with Crippen molar-refractivity contribution < 1.29 is 27.1 Å². The number of nitrogens with one attached hydrogen (secondary N) is 1. The fourth-order valence-corrected chi connectivity index (χ4v) is 2.24. The van der Waals surface area contributed by atoms with Crippen molar-refractivity contribution in [2.75, 3.05) is 0 Å². The minimum absolute atomic E-state index is 0.121. The van der Waals surface area contributed by atoms with E-state index in [9.17, 15) is 22.4 Å². The Morgan fingerprint density at radius 3 is 2.54 bits per heavy atom. The molecule has 0 unspecified atom stereocenters. The number of hydrogen-bond acceptors (Lipinski definition) is 3. The first-order valence-corrected chi connectivity index (χ1v) is 7.86. The van der Waals surface area contributed by atoms with Crippen molar-refractivity contribution in [3.05, 3.63) is 58.7 Å². The molecule has 8 heteroatoms. The molecule has 140 valence electrons. The Kier molecular flexibility index (Phi) is 5.84. The van der Waals surface area contributed by atoms with Crippen molar-refractivity contribution in [2.24, 2.45) is 0 Å². The summed E-state index contributed by atoms with van der Waals surface area (Å²) in [4.78, 5) is 16.6. The number of amides is 1. The summed E-state index contributed by atoms with van der Waals surface area (Å²) in [5.41, 5.74) is 1.44. The molecule has 0 aliphatic rings. The molecule has 0 aliphatic heterocycles. The van der Waals surface area contributed by atoms with Gasteiger partial charge in [-0.1, -0.05) is 19.9 Å². The average Bonchev–Trinajstić information content (AvgIpc) is 2.54. The van der Waals surface area contributed by atoms with Crippen molar-refractivity contribution in [3.63, 3.8) is 0 Å². The minimum Gasteiger partial charge on any atom is -0.406 e. The molecule has 0 atom stereocenters. The monoisotopic (exact) mass is 370 g/mol. The third-order valence-electron chi connectivity index (χ3n) is 3.62. The molecule has 26 heavy (non-hydrogen) atoms. The highest BCUT2D eigenvalue weighted by atomic mass is 19.4. The standard InChI is InChI=1S/C18H18F4N2O2/c1-10(2)15-7-4-11(3)16(24-15)17(25)23-9-12-8-13(5-6-14(12)19)26-18(20,21)22/h4-8,10H,9H2,1-3H3,(H,23,25). The number of rotatable bonds is 5. The fourth-order valence-electron chi connectivity index (χ4n) is 2.24. The SMILES string of the molecule is Cc1ccc(C(C)C)nc1C(=O)NCc1cc(OC(F)(F)F)ccc1F. The van der Waals surface area contributed by atoms with E-state index in [1.165, 1.54) is 0 Å². The Balaban J connectivity index is 2.15. The third kappa shape index (κ3) is 5.18. The zero-order chi connectivity index (χ0) is 19.5. The second-order valence-corrected chi connectivity index (χ2v) is 6.04. The lowest BCUT2D eigenvalue weighted by atomic mass is 10.1. The van der Waals surface area contributed by atoms with Gasteiger partial charge in [-0.15, -0.1) is 13.2 Å². The van der Waals surface area contributed by atoms with Gasteiger partial charge in [-0.25, -0.2) is 9.37 Å². The topological polar surface area (TPSA) is 51.2 Å². The van der Waals surface area contributed by atoms with Crippen molar-refractivity contribution in [2.45, 2.75) is 39.6 Å². The van der Waals surface area contributed by atoms with Crippen LogP contribution in [0.3, 0.4) is 0 Å². The van der Waals surface area contributed by atoms with Crippen LogP contribution in [0.15, 0.2) is 30.3 Å². The third-order valence-corrected chi connectivity index (χ3v) is 3.62. The number of pyridine rings is 1. The quantitative estimate of drug-likeness (QED) is 0.790. The summed E-state index contributed by atoms with van der Waals surface area (Å²) >= 11 is 0. The van der Waals surface area contributed by atoms with E-state index >= 15 is 0 Å². The molecule has 0 aliphatic carbocycles. The first-order chi connectivity index (χ1) is 12.1. The molecular weight excluding hydrogens is 352 g/mol. The number of hydrogen-bond donors (Lipinski definition) is 1. The number of nitrogens with zero attached hydrogens (tertiary/aromatic N) is 1. The van der Waals surface area contributed by atoms with Gasteiger partial charge in [0.25, 0.3) is 5.91 Å². The first kappa shape index (κ1) is 19.7. The molecule has 0 fully saturated rings. The number of carbonyl (C=O) groups excluding carboxylic acids is 1. The molecule has 1 aromatic heterocycles. The molecule has 0 spiro atoms. The Bertz CT molecular complexity index is 804. The van der Waals surface area contributed by atoms with E-state index < -0.39 is 23.8 Å². The van der Waals surface area contributed by atoms with Gasteiger partial charge in [-0.3, -0.25) is 4.79 Å². The minimum atomic E-state index is -4.88. The van der Waals surface area contributed by atoms with E-state index in [-0.39, 0.29) is 23.7 Å². The predicted molar refractivity (Wildman–Crippen MR) is 87.3 cm³/mol. The predicted octanol–water partition coefficient (Wildman–Crippen LogP) is 4.48. The van der Waals surface area contributed by atoms with E-state index in [0.717, 1.165) is 23.9 Å². The van der Waals surface area contributed by atoms with E-state index in [1.807, 2.05) is 19.9 Å².